The van der Waals surface area contributed by atoms with E-state index in [9.17, 15) is 16.8 Å². The van der Waals surface area contributed by atoms with Crippen molar-refractivity contribution in [2.45, 2.75) is 6.10 Å². The first-order valence-electron chi connectivity index (χ1n) is 2.88. The molecule has 0 fully saturated rings. The Kier molecular flexibility index (Phi) is 4.46. The minimum Gasteiger partial charge on any atom is -0.264 e. The Labute approximate surface area is 80.7 Å². The summed E-state index contributed by atoms with van der Waals surface area (Å²) in [6.07, 6.45) is 3.06. The molecule has 0 radical (unpaired) electrons. The van der Waals surface area contributed by atoms with Gasteiger partial charge in [0.25, 0.3) is 0 Å². The highest BCUT2D eigenvalue weighted by Gasteiger charge is 2.17. The molecular formula is C4H6O8S2. The van der Waals surface area contributed by atoms with Crippen LogP contribution in [0.5, 0.6) is 0 Å². The SMILES string of the molecule is C#CC(COS(=O)(=O)O)OS(=O)(=O)O. The van der Waals surface area contributed by atoms with Crippen LogP contribution in [0.1, 0.15) is 0 Å². The molecule has 0 rings (SSSR count). The van der Waals surface area contributed by atoms with Gasteiger partial charge in [-0.1, -0.05) is 5.92 Å². The maximum atomic E-state index is 10.1. The summed E-state index contributed by atoms with van der Waals surface area (Å²) in [5.74, 6) is 1.67. The van der Waals surface area contributed by atoms with Crippen molar-refractivity contribution in [2.24, 2.45) is 0 Å². The molecular weight excluding hydrogens is 240 g/mol. The lowest BCUT2D eigenvalue weighted by molar-refractivity contribution is 0.151. The topological polar surface area (TPSA) is 127 Å². The maximum absolute atomic E-state index is 10.1. The van der Waals surface area contributed by atoms with Crippen LogP contribution >= 0.6 is 0 Å². The molecule has 0 saturated heterocycles. The molecule has 8 nitrogen and oxygen atoms in total. The van der Waals surface area contributed by atoms with E-state index < -0.39 is 33.5 Å². The Hall–Kier alpha value is -0.700. The fourth-order valence-electron chi connectivity index (χ4n) is 0.398. The Bertz CT molecular complexity index is 411. The lowest BCUT2D eigenvalue weighted by atomic mass is 10.4. The van der Waals surface area contributed by atoms with Crippen molar-refractivity contribution in [3.05, 3.63) is 0 Å². The van der Waals surface area contributed by atoms with Crippen LogP contribution in [-0.2, 0) is 29.2 Å². The minimum absolute atomic E-state index is 0.935. The van der Waals surface area contributed by atoms with E-state index >= 15 is 0 Å². The zero-order chi connectivity index (χ0) is 11.4. The van der Waals surface area contributed by atoms with Crippen LogP contribution in [0, 0.1) is 12.3 Å². The summed E-state index contributed by atoms with van der Waals surface area (Å²) in [6, 6.07) is 0. The molecule has 0 amide bonds. The van der Waals surface area contributed by atoms with Gasteiger partial charge in [0.2, 0.25) is 0 Å². The number of hydrogen-bond donors (Lipinski definition) is 2. The molecule has 0 aromatic heterocycles. The zero-order valence-electron chi connectivity index (χ0n) is 6.52. The smallest absolute Gasteiger partial charge is 0.264 e. The average Bonchev–Trinajstić information content (AvgIpc) is 1.94. The second-order valence-electron chi connectivity index (χ2n) is 1.89. The van der Waals surface area contributed by atoms with E-state index in [2.05, 4.69) is 8.37 Å². The van der Waals surface area contributed by atoms with Crippen LogP contribution in [-0.4, -0.2) is 38.7 Å². The molecule has 0 saturated carbocycles. The van der Waals surface area contributed by atoms with Crippen LogP contribution in [0.3, 0.4) is 0 Å². The molecule has 0 aromatic rings. The van der Waals surface area contributed by atoms with Crippen LogP contribution in [0.2, 0.25) is 0 Å². The number of rotatable bonds is 5. The van der Waals surface area contributed by atoms with Gasteiger partial charge in [-0.15, -0.1) is 6.42 Å². The molecule has 0 spiro atoms. The van der Waals surface area contributed by atoms with E-state index in [0.717, 1.165) is 0 Å². The van der Waals surface area contributed by atoms with Crippen molar-refractivity contribution >= 4 is 20.8 Å². The molecule has 14 heavy (non-hydrogen) atoms. The Balaban J connectivity index is 4.29. The van der Waals surface area contributed by atoms with E-state index in [1.165, 1.54) is 0 Å². The molecule has 0 aliphatic heterocycles. The van der Waals surface area contributed by atoms with Gasteiger partial charge >= 0.3 is 20.8 Å². The average molecular weight is 246 g/mol. The fourth-order valence-corrected chi connectivity index (χ4v) is 1.10. The first-order valence-corrected chi connectivity index (χ1v) is 5.61. The van der Waals surface area contributed by atoms with Crippen molar-refractivity contribution in [3.63, 3.8) is 0 Å². The summed E-state index contributed by atoms with van der Waals surface area (Å²) in [5, 5.41) is 0. The van der Waals surface area contributed by atoms with E-state index in [1.54, 1.807) is 5.92 Å². The summed E-state index contributed by atoms with van der Waals surface area (Å²) < 4.78 is 63.9. The summed E-state index contributed by atoms with van der Waals surface area (Å²) in [4.78, 5) is 0. The third kappa shape index (κ3) is 7.92. The van der Waals surface area contributed by atoms with E-state index in [0.29, 0.717) is 0 Å². The van der Waals surface area contributed by atoms with Crippen molar-refractivity contribution in [1.29, 1.82) is 0 Å². The molecule has 82 valence electrons. The highest BCUT2D eigenvalue weighted by molar-refractivity contribution is 7.81. The van der Waals surface area contributed by atoms with Crippen molar-refractivity contribution in [2.75, 3.05) is 6.61 Å². The van der Waals surface area contributed by atoms with Crippen LogP contribution in [0.4, 0.5) is 0 Å². The predicted octanol–water partition coefficient (Wildman–Crippen LogP) is -1.37. The highest BCUT2D eigenvalue weighted by atomic mass is 32.3. The lowest BCUT2D eigenvalue weighted by Gasteiger charge is -2.07. The van der Waals surface area contributed by atoms with Gasteiger partial charge in [0.15, 0.2) is 6.10 Å². The van der Waals surface area contributed by atoms with Gasteiger partial charge in [-0.2, -0.15) is 16.8 Å². The number of terminal acetylenes is 1. The monoisotopic (exact) mass is 246 g/mol. The van der Waals surface area contributed by atoms with Gasteiger partial charge in [0.05, 0.1) is 0 Å². The summed E-state index contributed by atoms with van der Waals surface area (Å²) in [5.41, 5.74) is 0. The minimum atomic E-state index is -4.80. The quantitative estimate of drug-likeness (QED) is 0.449. The van der Waals surface area contributed by atoms with Gasteiger partial charge in [-0.05, 0) is 0 Å². The van der Waals surface area contributed by atoms with Crippen molar-refractivity contribution < 1.29 is 34.3 Å². The van der Waals surface area contributed by atoms with Crippen LogP contribution in [0.25, 0.3) is 0 Å². The van der Waals surface area contributed by atoms with Gasteiger partial charge < -0.3 is 0 Å². The highest BCUT2D eigenvalue weighted by Crippen LogP contribution is 1.99. The molecule has 0 aliphatic carbocycles. The van der Waals surface area contributed by atoms with Gasteiger partial charge in [0, 0.05) is 0 Å². The normalized spacial score (nSPS) is 14.6. The summed E-state index contributed by atoms with van der Waals surface area (Å²) in [7, 11) is -9.54. The van der Waals surface area contributed by atoms with Crippen LogP contribution in [0.15, 0.2) is 0 Å². The molecule has 0 heterocycles. The Morgan fingerprint density at radius 2 is 1.71 bits per heavy atom. The van der Waals surface area contributed by atoms with Crippen LogP contribution < -0.4 is 0 Å². The maximum Gasteiger partial charge on any atom is 0.398 e. The lowest BCUT2D eigenvalue weighted by Crippen LogP contribution is -2.23. The number of hydrogen-bond acceptors (Lipinski definition) is 6. The molecule has 10 heteroatoms. The standard InChI is InChI=1S/C4H6O8S2/c1-2-4(12-14(8,9)10)3-11-13(5,6)7/h1,4H,3H2,(H,5,6,7)(H,8,9,10). The van der Waals surface area contributed by atoms with Crippen molar-refractivity contribution in [1.82, 2.24) is 0 Å². The zero-order valence-corrected chi connectivity index (χ0v) is 8.16. The molecule has 0 bridgehead atoms. The first kappa shape index (κ1) is 13.3. The van der Waals surface area contributed by atoms with Crippen molar-refractivity contribution in [3.8, 4) is 12.3 Å². The molecule has 1 atom stereocenters. The third-order valence-corrected chi connectivity index (χ3v) is 1.70. The second kappa shape index (κ2) is 4.69. The molecule has 0 aromatic carbocycles. The molecule has 1 unspecified atom stereocenters. The largest absolute Gasteiger partial charge is 0.398 e. The van der Waals surface area contributed by atoms with Gasteiger partial charge in [-0.3, -0.25) is 9.11 Å². The Morgan fingerprint density at radius 1 is 1.21 bits per heavy atom. The Morgan fingerprint density at radius 3 is 2.00 bits per heavy atom. The van der Waals surface area contributed by atoms with E-state index in [-0.39, 0.29) is 0 Å². The third-order valence-electron chi connectivity index (χ3n) is 0.792. The first-order chi connectivity index (χ1) is 6.14. The fraction of sp³-hybridized carbons (Fsp3) is 0.500. The molecule has 0 aliphatic rings. The molecule has 2 N–H and O–H groups in total. The predicted molar refractivity (Wildman–Crippen MR) is 42.8 cm³/mol. The second-order valence-corrected chi connectivity index (χ2v) is 4.03. The summed E-state index contributed by atoms with van der Waals surface area (Å²) >= 11 is 0. The van der Waals surface area contributed by atoms with E-state index in [4.69, 9.17) is 15.5 Å². The van der Waals surface area contributed by atoms with Gasteiger partial charge in [-0.25, -0.2) is 8.37 Å². The summed E-state index contributed by atoms with van der Waals surface area (Å²) in [6.45, 7) is -0.935. The van der Waals surface area contributed by atoms with E-state index in [1.807, 2.05) is 0 Å². The van der Waals surface area contributed by atoms with Gasteiger partial charge in [0.1, 0.15) is 6.61 Å².